The van der Waals surface area contributed by atoms with Gasteiger partial charge in [0.15, 0.2) is 0 Å². The summed E-state index contributed by atoms with van der Waals surface area (Å²) in [5.41, 5.74) is 2.65. The molecule has 1 aromatic rings. The van der Waals surface area contributed by atoms with Crippen LogP contribution in [0, 0.1) is 34.5 Å². The second-order valence-corrected chi connectivity index (χ2v) is 10.1. The van der Waals surface area contributed by atoms with Crippen LogP contribution in [0.15, 0.2) is 10.8 Å². The maximum absolute atomic E-state index is 11.0. The Balaban J connectivity index is 1.50. The van der Waals surface area contributed by atoms with Gasteiger partial charge in [-0.3, -0.25) is 0 Å². The summed E-state index contributed by atoms with van der Waals surface area (Å²) in [6.07, 6.45) is 11.6. The van der Waals surface area contributed by atoms with Gasteiger partial charge in [0.2, 0.25) is 0 Å². The van der Waals surface area contributed by atoms with Gasteiger partial charge in [-0.25, -0.2) is 0 Å². The molecule has 0 aromatic carbocycles. The van der Waals surface area contributed by atoms with Crippen molar-refractivity contribution in [3.05, 3.63) is 17.5 Å². The molecule has 3 nitrogen and oxygen atoms in total. The van der Waals surface area contributed by atoms with E-state index in [4.69, 9.17) is 4.52 Å². The molecule has 1 aromatic heterocycles. The van der Waals surface area contributed by atoms with Gasteiger partial charge in [0.25, 0.3) is 0 Å². The highest BCUT2D eigenvalue weighted by Crippen LogP contribution is 2.67. The molecule has 1 N–H and O–H groups in total. The molecule has 0 amide bonds. The zero-order valence-corrected chi connectivity index (χ0v) is 15.3. The molecule has 0 saturated heterocycles. The number of aromatic nitrogens is 1. The van der Waals surface area contributed by atoms with Gasteiger partial charge in [-0.15, -0.1) is 0 Å². The van der Waals surface area contributed by atoms with Gasteiger partial charge in [-0.2, -0.15) is 0 Å². The summed E-state index contributed by atoms with van der Waals surface area (Å²) in [6, 6.07) is 0. The lowest BCUT2D eigenvalue weighted by Crippen LogP contribution is -2.56. The minimum Gasteiger partial charge on any atom is -0.390 e. The Labute approximate surface area is 145 Å². The van der Waals surface area contributed by atoms with Gasteiger partial charge in [-0.1, -0.05) is 19.0 Å². The average Bonchev–Trinajstić information content (AvgIpc) is 3.06. The van der Waals surface area contributed by atoms with Crippen LogP contribution in [0.2, 0.25) is 0 Å². The fraction of sp³-hybridized carbons (Fsp3) is 0.857. The van der Waals surface area contributed by atoms with Gasteiger partial charge < -0.3 is 9.63 Å². The van der Waals surface area contributed by atoms with Crippen molar-refractivity contribution in [3.8, 4) is 0 Å². The molecule has 132 valence electrons. The summed E-state index contributed by atoms with van der Waals surface area (Å²) in [4.78, 5) is 0. The van der Waals surface area contributed by atoms with E-state index in [-0.39, 0.29) is 5.41 Å². The SMILES string of the molecule is C[C@]12Cc3conc3C[C@@H]1CC[C@@H]1[C@H]2CC[C@@]2(C)[C@H]1CC[C@]2(C)O. The number of hydrogen-bond donors (Lipinski definition) is 1. The van der Waals surface area contributed by atoms with Crippen molar-refractivity contribution < 1.29 is 9.63 Å². The third kappa shape index (κ3) is 1.75. The first-order valence-electron chi connectivity index (χ1n) is 10.00. The van der Waals surface area contributed by atoms with Gasteiger partial charge in [0.05, 0.1) is 11.3 Å². The van der Waals surface area contributed by atoms with Gasteiger partial charge in [0, 0.05) is 5.56 Å². The van der Waals surface area contributed by atoms with Crippen LogP contribution in [-0.2, 0) is 12.8 Å². The van der Waals surface area contributed by atoms with Crippen LogP contribution in [-0.4, -0.2) is 15.9 Å². The maximum atomic E-state index is 11.0. The van der Waals surface area contributed by atoms with Crippen molar-refractivity contribution in [2.45, 2.75) is 77.7 Å². The topological polar surface area (TPSA) is 46.3 Å². The first kappa shape index (κ1) is 15.4. The Bertz CT molecular complexity index is 665. The Kier molecular flexibility index (Phi) is 3.00. The van der Waals surface area contributed by atoms with Crippen LogP contribution in [0.5, 0.6) is 0 Å². The molecule has 1 heterocycles. The van der Waals surface area contributed by atoms with Gasteiger partial charge in [0.1, 0.15) is 6.26 Å². The lowest BCUT2D eigenvalue weighted by Gasteiger charge is -2.60. The highest BCUT2D eigenvalue weighted by atomic mass is 16.5. The number of fused-ring (bicyclic) bond motifs is 6. The Morgan fingerprint density at radius 1 is 1.08 bits per heavy atom. The van der Waals surface area contributed by atoms with E-state index in [9.17, 15) is 5.11 Å². The summed E-state index contributed by atoms with van der Waals surface area (Å²) in [7, 11) is 0. The van der Waals surface area contributed by atoms with Crippen LogP contribution >= 0.6 is 0 Å². The number of hydrogen-bond acceptors (Lipinski definition) is 3. The minimum absolute atomic E-state index is 0.133. The number of nitrogens with zero attached hydrogens (tertiary/aromatic N) is 1. The molecular formula is C21H31NO2. The van der Waals surface area contributed by atoms with E-state index < -0.39 is 5.60 Å². The second kappa shape index (κ2) is 4.66. The smallest absolute Gasteiger partial charge is 0.127 e. The van der Waals surface area contributed by atoms with E-state index in [2.05, 4.69) is 25.9 Å². The molecule has 4 aliphatic rings. The van der Waals surface area contributed by atoms with Crippen molar-refractivity contribution in [2.75, 3.05) is 0 Å². The highest BCUT2D eigenvalue weighted by molar-refractivity contribution is 5.25. The average molecular weight is 329 g/mol. The molecule has 0 bridgehead atoms. The molecular weight excluding hydrogens is 298 g/mol. The van der Waals surface area contributed by atoms with Crippen molar-refractivity contribution in [2.24, 2.45) is 34.5 Å². The number of rotatable bonds is 0. The molecule has 0 radical (unpaired) electrons. The van der Waals surface area contributed by atoms with E-state index in [1.165, 1.54) is 43.4 Å². The van der Waals surface area contributed by atoms with E-state index in [0.717, 1.165) is 37.0 Å². The van der Waals surface area contributed by atoms with E-state index in [0.29, 0.717) is 11.3 Å². The minimum atomic E-state index is -0.464. The standard InChI is InChI=1S/C21H31NO2/c1-19-11-13-12-24-22-18(13)10-14(19)4-5-15-16(19)6-8-20(2)17(15)7-9-21(20,3)23/h12,14-17,23H,4-11H2,1-3H3/t14-,15+,16+,17-,19-,20-,21-/m0/s1. The first-order chi connectivity index (χ1) is 11.4. The fourth-order valence-corrected chi connectivity index (χ4v) is 7.63. The predicted octanol–water partition coefficient (Wildman–Crippen LogP) is 4.38. The summed E-state index contributed by atoms with van der Waals surface area (Å²) in [6.45, 7) is 7.04. The molecule has 3 heteroatoms. The number of aliphatic hydroxyl groups is 1. The first-order valence-corrected chi connectivity index (χ1v) is 10.00. The molecule has 7 atom stereocenters. The maximum Gasteiger partial charge on any atom is 0.127 e. The molecule has 5 rings (SSSR count). The van der Waals surface area contributed by atoms with Crippen LogP contribution in [0.1, 0.15) is 70.6 Å². The molecule has 0 spiro atoms. The van der Waals surface area contributed by atoms with Crippen LogP contribution in [0.4, 0.5) is 0 Å². The van der Waals surface area contributed by atoms with E-state index in [1.54, 1.807) is 0 Å². The lowest BCUT2D eigenvalue weighted by molar-refractivity contribution is -0.139. The Hall–Kier alpha value is -0.830. The molecule has 24 heavy (non-hydrogen) atoms. The van der Waals surface area contributed by atoms with Gasteiger partial charge >= 0.3 is 0 Å². The normalized spacial score (nSPS) is 53.0. The predicted molar refractivity (Wildman–Crippen MR) is 92.4 cm³/mol. The molecule has 3 fully saturated rings. The van der Waals surface area contributed by atoms with Crippen LogP contribution < -0.4 is 0 Å². The van der Waals surface area contributed by atoms with Crippen molar-refractivity contribution in [3.63, 3.8) is 0 Å². The van der Waals surface area contributed by atoms with Crippen molar-refractivity contribution in [1.82, 2.24) is 5.16 Å². The summed E-state index contributed by atoms with van der Waals surface area (Å²) in [5.74, 6) is 3.10. The monoisotopic (exact) mass is 329 g/mol. The summed E-state index contributed by atoms with van der Waals surface area (Å²) >= 11 is 0. The second-order valence-electron chi connectivity index (χ2n) is 10.1. The highest BCUT2D eigenvalue weighted by Gasteiger charge is 2.63. The molecule has 4 aliphatic carbocycles. The summed E-state index contributed by atoms with van der Waals surface area (Å²) in [5, 5.41) is 15.3. The third-order valence-corrected chi connectivity index (χ3v) is 9.37. The quantitative estimate of drug-likeness (QED) is 0.768. The zero-order chi connectivity index (χ0) is 16.7. The third-order valence-electron chi connectivity index (χ3n) is 9.37. The van der Waals surface area contributed by atoms with Crippen molar-refractivity contribution >= 4 is 0 Å². The van der Waals surface area contributed by atoms with E-state index >= 15 is 0 Å². The van der Waals surface area contributed by atoms with Crippen LogP contribution in [0.3, 0.4) is 0 Å². The Morgan fingerprint density at radius 3 is 2.71 bits per heavy atom. The van der Waals surface area contributed by atoms with Gasteiger partial charge in [-0.05, 0) is 92.8 Å². The van der Waals surface area contributed by atoms with E-state index in [1.807, 2.05) is 6.26 Å². The fourth-order valence-electron chi connectivity index (χ4n) is 7.63. The lowest BCUT2D eigenvalue weighted by atomic mass is 9.44. The molecule has 0 unspecified atom stereocenters. The largest absolute Gasteiger partial charge is 0.390 e. The van der Waals surface area contributed by atoms with Crippen molar-refractivity contribution in [1.29, 1.82) is 0 Å². The molecule has 0 aliphatic heterocycles. The summed E-state index contributed by atoms with van der Waals surface area (Å²) < 4.78 is 5.28. The Morgan fingerprint density at radius 2 is 1.88 bits per heavy atom. The zero-order valence-electron chi connectivity index (χ0n) is 15.3. The van der Waals surface area contributed by atoms with Crippen LogP contribution in [0.25, 0.3) is 0 Å². The molecule has 3 saturated carbocycles.